The van der Waals surface area contributed by atoms with Gasteiger partial charge >= 0.3 is 19.5 Å². The maximum Gasteiger partial charge on any atom is 0.343 e. The maximum atomic E-state index is 10.9. The number of rotatable bonds is 8. The molecule has 0 saturated heterocycles. The largest absolute Gasteiger partial charge is 0.480 e. The van der Waals surface area contributed by atoms with Gasteiger partial charge in [0.1, 0.15) is 0 Å². The molecule has 4 N–H and O–H groups in total. The topological polar surface area (TPSA) is 141 Å². The average Bonchev–Trinajstić information content (AvgIpc) is 2.13. The molecule has 9 heteroatoms. The van der Waals surface area contributed by atoms with E-state index in [0.717, 1.165) is 0 Å². The monoisotopic (exact) mass is 270 g/mol. The Kier molecular flexibility index (Phi) is 6.33. The van der Waals surface area contributed by atoms with Crippen LogP contribution in [0.2, 0.25) is 0 Å². The molecule has 0 saturated carbocycles. The van der Waals surface area contributed by atoms with E-state index in [1.165, 1.54) is 0 Å². The van der Waals surface area contributed by atoms with Crippen molar-refractivity contribution in [1.29, 1.82) is 0 Å². The summed E-state index contributed by atoms with van der Waals surface area (Å²) in [5.74, 6) is -3.61. The first kappa shape index (κ1) is 16.1. The predicted molar refractivity (Wildman–Crippen MR) is 55.8 cm³/mol. The second-order valence-corrected chi connectivity index (χ2v) is 5.09. The third-order valence-electron chi connectivity index (χ3n) is 1.94. The number of hydrogen-bond acceptors (Lipinski definition) is 4. The van der Waals surface area contributed by atoms with Crippen molar-refractivity contribution in [2.24, 2.45) is 0 Å². The highest BCUT2D eigenvalue weighted by Gasteiger charge is 2.47. The van der Waals surface area contributed by atoms with Crippen molar-refractivity contribution >= 4 is 19.5 Å². The number of ether oxygens (including phenoxy) is 1. The number of unbranched alkanes of at least 4 members (excludes halogenated alkanes) is 1. The predicted octanol–water partition coefficient (Wildman–Crippen LogP) is -0.113. The zero-order valence-electron chi connectivity index (χ0n) is 9.15. The molecule has 0 amide bonds. The van der Waals surface area contributed by atoms with Gasteiger partial charge in [-0.15, -0.1) is 0 Å². The van der Waals surface area contributed by atoms with Crippen LogP contribution >= 0.6 is 7.60 Å². The molecule has 0 aliphatic rings. The van der Waals surface area contributed by atoms with Gasteiger partial charge in [0, 0.05) is 6.61 Å². The van der Waals surface area contributed by atoms with Crippen LogP contribution in [-0.2, 0) is 18.9 Å². The molecule has 0 rings (SSSR count). The molecule has 0 bridgehead atoms. The van der Waals surface area contributed by atoms with Gasteiger partial charge in [-0.3, -0.25) is 9.36 Å². The van der Waals surface area contributed by atoms with Gasteiger partial charge in [0.2, 0.25) is 0 Å². The summed E-state index contributed by atoms with van der Waals surface area (Å²) >= 11 is 0. The second-order valence-electron chi connectivity index (χ2n) is 3.36. The molecule has 2 unspecified atom stereocenters. The summed E-state index contributed by atoms with van der Waals surface area (Å²) in [5, 5.41) is 17.4. The molecule has 0 aromatic heterocycles. The molecule has 0 radical (unpaired) electrons. The smallest absolute Gasteiger partial charge is 0.343 e. The summed E-state index contributed by atoms with van der Waals surface area (Å²) < 4.78 is 15.6. The highest BCUT2D eigenvalue weighted by molar-refractivity contribution is 7.53. The van der Waals surface area contributed by atoms with E-state index < -0.39 is 31.3 Å². The number of carbonyl (C=O) groups is 2. The minimum absolute atomic E-state index is 0.0722. The fourth-order valence-electron chi connectivity index (χ4n) is 1.10. The van der Waals surface area contributed by atoms with E-state index in [-0.39, 0.29) is 6.61 Å². The minimum Gasteiger partial charge on any atom is -0.480 e. The molecule has 0 fully saturated rings. The quantitative estimate of drug-likeness (QED) is 0.353. The lowest BCUT2D eigenvalue weighted by Crippen LogP contribution is -2.41. The van der Waals surface area contributed by atoms with E-state index in [4.69, 9.17) is 24.7 Å². The van der Waals surface area contributed by atoms with Crippen LogP contribution in [0.4, 0.5) is 0 Å². The Morgan fingerprint density at radius 1 is 1.24 bits per heavy atom. The van der Waals surface area contributed by atoms with Crippen LogP contribution in [0, 0.1) is 0 Å². The van der Waals surface area contributed by atoms with Crippen molar-refractivity contribution in [3.05, 3.63) is 0 Å². The van der Waals surface area contributed by atoms with Crippen molar-refractivity contribution in [3.8, 4) is 0 Å². The van der Waals surface area contributed by atoms with E-state index in [0.29, 0.717) is 12.8 Å². The van der Waals surface area contributed by atoms with Crippen LogP contribution in [0.3, 0.4) is 0 Å². The third-order valence-corrected chi connectivity index (χ3v) is 3.16. The summed E-state index contributed by atoms with van der Waals surface area (Å²) in [6, 6.07) is 0. The van der Waals surface area contributed by atoms with Crippen molar-refractivity contribution < 1.29 is 38.9 Å². The van der Waals surface area contributed by atoms with E-state index in [1.807, 2.05) is 0 Å². The summed E-state index contributed by atoms with van der Waals surface area (Å²) in [6.45, 7) is 1.73. The van der Waals surface area contributed by atoms with Gasteiger partial charge in [0.15, 0.2) is 11.8 Å². The van der Waals surface area contributed by atoms with Gasteiger partial charge in [0.05, 0.1) is 0 Å². The SMILES string of the molecule is CCCCOC(C(=O)O)C(C(=O)O)P(=O)(O)O. The summed E-state index contributed by atoms with van der Waals surface area (Å²) in [6.07, 6.45) is -0.906. The van der Waals surface area contributed by atoms with Crippen molar-refractivity contribution in [3.63, 3.8) is 0 Å². The Bertz CT molecular complexity index is 321. The minimum atomic E-state index is -5.10. The molecule has 100 valence electrons. The van der Waals surface area contributed by atoms with Gasteiger partial charge < -0.3 is 24.7 Å². The highest BCUT2D eigenvalue weighted by Crippen LogP contribution is 2.43. The fraction of sp³-hybridized carbons (Fsp3) is 0.750. The van der Waals surface area contributed by atoms with Crippen molar-refractivity contribution in [2.45, 2.75) is 31.5 Å². The number of carboxylic acid groups (broad SMARTS) is 2. The molecule has 0 aliphatic heterocycles. The molecular weight excluding hydrogens is 255 g/mol. The molecule has 0 heterocycles. The number of hydrogen-bond donors (Lipinski definition) is 4. The van der Waals surface area contributed by atoms with Gasteiger partial charge in [-0.2, -0.15) is 0 Å². The molecule has 0 aromatic carbocycles. The summed E-state index contributed by atoms with van der Waals surface area (Å²) in [5.41, 5.74) is -2.39. The van der Waals surface area contributed by atoms with Crippen LogP contribution in [0.5, 0.6) is 0 Å². The lowest BCUT2D eigenvalue weighted by atomic mass is 10.2. The Morgan fingerprint density at radius 3 is 2.06 bits per heavy atom. The van der Waals surface area contributed by atoms with Gasteiger partial charge in [0.25, 0.3) is 0 Å². The van der Waals surface area contributed by atoms with Crippen LogP contribution in [0.1, 0.15) is 19.8 Å². The van der Waals surface area contributed by atoms with Crippen molar-refractivity contribution in [1.82, 2.24) is 0 Å². The summed E-state index contributed by atoms with van der Waals surface area (Å²) in [4.78, 5) is 39.1. The number of aliphatic carboxylic acids is 2. The molecule has 0 aliphatic carbocycles. The standard InChI is InChI=1S/C8H15O8P/c1-2-3-4-16-5(7(9)10)6(8(11)12)17(13,14)15/h5-6H,2-4H2,1H3,(H,9,10)(H,11,12)(H2,13,14,15). The fourth-order valence-corrected chi connectivity index (χ4v) is 1.96. The van der Waals surface area contributed by atoms with Gasteiger partial charge in [-0.25, -0.2) is 4.79 Å². The lowest BCUT2D eigenvalue weighted by molar-refractivity contribution is -0.156. The van der Waals surface area contributed by atoms with Crippen LogP contribution in [0.15, 0.2) is 0 Å². The molecular formula is C8H15O8P. The van der Waals surface area contributed by atoms with E-state index >= 15 is 0 Å². The Labute approximate surface area is 97.4 Å². The Hall–Kier alpha value is -0.950. The Balaban J connectivity index is 4.92. The van der Waals surface area contributed by atoms with E-state index in [2.05, 4.69) is 0 Å². The average molecular weight is 270 g/mol. The third kappa shape index (κ3) is 5.27. The first-order chi connectivity index (χ1) is 7.71. The highest BCUT2D eigenvalue weighted by atomic mass is 31.2. The van der Waals surface area contributed by atoms with Crippen LogP contribution in [0.25, 0.3) is 0 Å². The van der Waals surface area contributed by atoms with Crippen LogP contribution < -0.4 is 0 Å². The normalized spacial score (nSPS) is 15.2. The molecule has 17 heavy (non-hydrogen) atoms. The van der Waals surface area contributed by atoms with Crippen molar-refractivity contribution in [2.75, 3.05) is 6.61 Å². The Morgan fingerprint density at radius 2 is 1.76 bits per heavy atom. The summed E-state index contributed by atoms with van der Waals surface area (Å²) in [7, 11) is -5.10. The molecule has 0 aromatic rings. The lowest BCUT2D eigenvalue weighted by Gasteiger charge is -2.21. The van der Waals surface area contributed by atoms with Gasteiger partial charge in [-0.1, -0.05) is 13.3 Å². The first-order valence-electron chi connectivity index (χ1n) is 4.84. The first-order valence-corrected chi connectivity index (χ1v) is 6.52. The van der Waals surface area contributed by atoms with E-state index in [1.54, 1.807) is 6.92 Å². The maximum absolute atomic E-state index is 10.9. The van der Waals surface area contributed by atoms with Gasteiger partial charge in [-0.05, 0) is 6.42 Å². The zero-order valence-corrected chi connectivity index (χ0v) is 10.0. The van der Waals surface area contributed by atoms with E-state index in [9.17, 15) is 14.2 Å². The van der Waals surface area contributed by atoms with Crippen LogP contribution in [-0.4, -0.2) is 50.3 Å². The molecule has 0 spiro atoms. The second kappa shape index (κ2) is 6.70. The molecule has 8 nitrogen and oxygen atoms in total. The number of carboxylic acids is 2. The molecule has 2 atom stereocenters. The zero-order chi connectivity index (χ0) is 13.6.